The van der Waals surface area contributed by atoms with E-state index in [9.17, 15) is 0 Å². The van der Waals surface area contributed by atoms with Crippen LogP contribution >= 0.6 is 0 Å². The van der Waals surface area contributed by atoms with Gasteiger partial charge in [-0.2, -0.15) is 0 Å². The van der Waals surface area contributed by atoms with Crippen LogP contribution in [0.3, 0.4) is 0 Å². The molecule has 102 valence electrons. The maximum absolute atomic E-state index is 2.35. The minimum atomic E-state index is 1.10. The Hall–Kier alpha value is -0.850. The van der Waals surface area contributed by atoms with Gasteiger partial charge < -0.3 is 0 Å². The lowest BCUT2D eigenvalue weighted by Gasteiger charge is -2.03. The smallest absolute Gasteiger partial charge is 0.178 e. The molecule has 17 heavy (non-hydrogen) atoms. The molecule has 0 radical (unpaired) electrons. The van der Waals surface area contributed by atoms with Gasteiger partial charge in [-0.05, 0) is 19.9 Å². The van der Waals surface area contributed by atoms with Crippen molar-refractivity contribution in [2.24, 2.45) is 0 Å². The number of hydrogen-bond donors (Lipinski definition) is 0. The zero-order chi connectivity index (χ0) is 14.3. The van der Waals surface area contributed by atoms with Crippen LogP contribution in [0.25, 0.3) is 0 Å². The molecule has 0 aliphatic rings. The fourth-order valence-corrected chi connectivity index (χ4v) is 1.34. The second-order valence-corrected chi connectivity index (χ2v) is 3.22. The zero-order valence-electron chi connectivity index (χ0n) is 13.6. The highest BCUT2D eigenvalue weighted by atomic mass is 15.0. The topological polar surface area (TPSA) is 3.01 Å². The molecule has 0 saturated heterocycles. The first-order chi connectivity index (χ1) is 8.17. The van der Waals surface area contributed by atoms with E-state index in [0.717, 1.165) is 6.54 Å². The van der Waals surface area contributed by atoms with E-state index in [0.29, 0.717) is 0 Å². The quantitative estimate of drug-likeness (QED) is 0.456. The summed E-state index contributed by atoms with van der Waals surface area (Å²) in [7, 11) is 0. The Labute approximate surface area is 110 Å². The lowest BCUT2D eigenvalue weighted by molar-refractivity contribution is -0.476. The molecule has 1 heteroatoms. The van der Waals surface area contributed by atoms with Crippen LogP contribution in [-0.2, 0) is 0 Å². The van der Waals surface area contributed by atoms with Crippen molar-refractivity contribution in [3.8, 4) is 0 Å². The van der Waals surface area contributed by atoms with Crippen molar-refractivity contribution >= 4 is 5.71 Å². The van der Waals surface area contributed by atoms with E-state index in [4.69, 9.17) is 0 Å². The molecule has 0 atom stereocenters. The summed E-state index contributed by atoms with van der Waals surface area (Å²) in [4.78, 5) is 0. The largest absolute Gasteiger partial charge is 0.201 e. The van der Waals surface area contributed by atoms with Crippen LogP contribution in [0.4, 0.5) is 0 Å². The van der Waals surface area contributed by atoms with Crippen LogP contribution < -0.4 is 0 Å². The third-order valence-electron chi connectivity index (χ3n) is 2.12. The summed E-state index contributed by atoms with van der Waals surface area (Å²) in [6, 6.07) is 0. The Balaban J connectivity index is -0.000000439. The second kappa shape index (κ2) is 17.5. The van der Waals surface area contributed by atoms with E-state index >= 15 is 0 Å². The summed E-state index contributed by atoms with van der Waals surface area (Å²) in [6.07, 6.45) is 7.58. The van der Waals surface area contributed by atoms with Crippen LogP contribution in [0.5, 0.6) is 0 Å². The highest BCUT2D eigenvalue weighted by Crippen LogP contribution is 1.99. The molecule has 0 bridgehead atoms. The van der Waals surface area contributed by atoms with Crippen LogP contribution in [0.1, 0.15) is 68.7 Å². The van der Waals surface area contributed by atoms with Crippen molar-refractivity contribution in [2.75, 3.05) is 6.54 Å². The van der Waals surface area contributed by atoms with Gasteiger partial charge in [-0.3, -0.25) is 0 Å². The van der Waals surface area contributed by atoms with E-state index in [-0.39, 0.29) is 0 Å². The highest BCUT2D eigenvalue weighted by Gasteiger charge is 2.08. The van der Waals surface area contributed by atoms with Crippen molar-refractivity contribution in [3.05, 3.63) is 23.9 Å². The highest BCUT2D eigenvalue weighted by molar-refractivity contribution is 5.88. The van der Waals surface area contributed by atoms with Crippen LogP contribution in [0, 0.1) is 0 Å². The van der Waals surface area contributed by atoms with E-state index < -0.39 is 0 Å². The molecule has 0 heterocycles. The van der Waals surface area contributed by atoms with Gasteiger partial charge in [0.2, 0.25) is 0 Å². The van der Waals surface area contributed by atoms with Gasteiger partial charge in [-0.1, -0.05) is 40.7 Å². The molecule has 0 aromatic heterocycles. The van der Waals surface area contributed by atoms with Gasteiger partial charge in [-0.15, -0.1) is 0 Å². The lowest BCUT2D eigenvalue weighted by atomic mass is 10.3. The molecular weight excluding hydrogens is 206 g/mol. The normalized spacial score (nSPS) is 12.2. The van der Waals surface area contributed by atoms with Crippen molar-refractivity contribution in [3.63, 3.8) is 0 Å². The summed E-state index contributed by atoms with van der Waals surface area (Å²) >= 11 is 0. The molecule has 0 aromatic carbocycles. The summed E-state index contributed by atoms with van der Waals surface area (Å²) in [5.41, 5.74) is 2.65. The van der Waals surface area contributed by atoms with Crippen LogP contribution in [-0.4, -0.2) is 16.8 Å². The Morgan fingerprint density at radius 3 is 1.76 bits per heavy atom. The molecular formula is C16H34N+. The summed E-state index contributed by atoms with van der Waals surface area (Å²) in [5.74, 6) is 0. The van der Waals surface area contributed by atoms with Crippen LogP contribution in [0.2, 0.25) is 0 Å². The van der Waals surface area contributed by atoms with Gasteiger partial charge in [0.25, 0.3) is 0 Å². The fraction of sp³-hybridized carbons (Fsp3) is 0.688. The van der Waals surface area contributed by atoms with Crippen molar-refractivity contribution in [1.82, 2.24) is 0 Å². The van der Waals surface area contributed by atoms with E-state index in [1.165, 1.54) is 17.8 Å². The molecule has 0 spiro atoms. The molecule has 1 nitrogen and oxygen atoms in total. The number of nitrogens with zero attached hydrogens (tertiary/aromatic N) is 1. The number of allylic oxidation sites excluding steroid dienone is 4. The number of hydrogen-bond acceptors (Lipinski definition) is 0. The summed E-state index contributed by atoms with van der Waals surface area (Å²) < 4.78 is 2.35. The molecule has 0 N–H and O–H groups in total. The van der Waals surface area contributed by atoms with Gasteiger partial charge in [0.1, 0.15) is 6.54 Å². The van der Waals surface area contributed by atoms with Gasteiger partial charge in [0.15, 0.2) is 11.4 Å². The zero-order valence-corrected chi connectivity index (χ0v) is 13.6. The first-order valence-corrected chi connectivity index (χ1v) is 7.04. The molecule has 0 amide bonds. The Morgan fingerprint density at radius 2 is 1.47 bits per heavy atom. The Bertz CT molecular complexity index is 232. The van der Waals surface area contributed by atoms with Gasteiger partial charge >= 0.3 is 0 Å². The minimum absolute atomic E-state index is 1.10. The third-order valence-corrected chi connectivity index (χ3v) is 2.12. The summed E-state index contributed by atoms with van der Waals surface area (Å²) in [5, 5.41) is 0. The SMILES string of the molecule is CC.CC.C\C=C(C)/[N+](CCC)=C(C)\C=C\C. The van der Waals surface area contributed by atoms with E-state index in [1.807, 2.05) is 27.7 Å². The maximum atomic E-state index is 2.35. The molecule has 0 rings (SSSR count). The average molecular weight is 240 g/mol. The first-order valence-electron chi connectivity index (χ1n) is 7.04. The second-order valence-electron chi connectivity index (χ2n) is 3.22. The Kier molecular flexibility index (Phi) is 22.1. The molecule has 0 aliphatic carbocycles. The van der Waals surface area contributed by atoms with Crippen molar-refractivity contribution < 1.29 is 4.58 Å². The fourth-order valence-electron chi connectivity index (χ4n) is 1.34. The molecule has 0 saturated carbocycles. The predicted octanol–water partition coefficient (Wildman–Crippen LogP) is 5.42. The Morgan fingerprint density at radius 1 is 1.00 bits per heavy atom. The molecule has 0 unspecified atom stereocenters. The molecule has 0 aliphatic heterocycles. The van der Waals surface area contributed by atoms with Gasteiger partial charge in [-0.25, -0.2) is 4.58 Å². The average Bonchev–Trinajstić information content (AvgIpc) is 2.40. The summed E-state index contributed by atoms with van der Waals surface area (Å²) in [6.45, 7) is 19.8. The first kappa shape index (κ1) is 21.4. The maximum Gasteiger partial charge on any atom is 0.178 e. The van der Waals surface area contributed by atoms with Gasteiger partial charge in [0, 0.05) is 26.3 Å². The monoisotopic (exact) mass is 240 g/mol. The van der Waals surface area contributed by atoms with E-state index in [2.05, 4.69) is 57.4 Å². The van der Waals surface area contributed by atoms with Crippen LogP contribution in [0.15, 0.2) is 23.9 Å². The van der Waals surface area contributed by atoms with Gasteiger partial charge in [0.05, 0.1) is 0 Å². The molecule has 0 fully saturated rings. The standard InChI is InChI=1S/C12H22N.2C2H6/c1-6-9-12(5)13(10-7-2)11(4)8-3;2*1-2/h6,8-9H,7,10H2,1-5H3;2*1-2H3/q+1;;/b9-6+,11-8-,13-12-;;. The predicted molar refractivity (Wildman–Crippen MR) is 83.0 cm³/mol. The lowest BCUT2D eigenvalue weighted by Crippen LogP contribution is -2.17. The molecule has 0 aromatic rings. The van der Waals surface area contributed by atoms with Crippen molar-refractivity contribution in [2.45, 2.75) is 68.7 Å². The minimum Gasteiger partial charge on any atom is -0.201 e. The van der Waals surface area contributed by atoms with E-state index in [1.54, 1.807) is 0 Å². The number of rotatable bonds is 4. The third kappa shape index (κ3) is 11.4. The van der Waals surface area contributed by atoms with Crippen molar-refractivity contribution in [1.29, 1.82) is 0 Å².